The second-order valence-electron chi connectivity index (χ2n) is 4.65. The minimum Gasteiger partial charge on any atom is -0.481 e. The number of hydrogen-bond acceptors (Lipinski definition) is 4. The molecule has 92 valence electrons. The normalized spacial score (nSPS) is 13.0. The average Bonchev–Trinajstić information content (AvgIpc) is 1.98. The van der Waals surface area contributed by atoms with Crippen LogP contribution >= 0.6 is 0 Å². The Hall–Kier alpha value is -1.43. The first-order valence-corrected chi connectivity index (χ1v) is 4.85. The van der Waals surface area contributed by atoms with Crippen LogP contribution in [-0.2, 0) is 19.1 Å². The van der Waals surface area contributed by atoms with Crippen LogP contribution in [0.25, 0.3) is 0 Å². The van der Waals surface area contributed by atoms with Crippen LogP contribution in [0, 0.1) is 0 Å². The molecule has 0 aromatic rings. The summed E-state index contributed by atoms with van der Waals surface area (Å²) >= 11 is 0. The number of carboxylic acid groups (broad SMARTS) is 1. The number of rotatable bonds is 6. The largest absolute Gasteiger partial charge is 0.481 e. The molecule has 1 N–H and O–H groups in total. The van der Waals surface area contributed by atoms with E-state index in [-0.39, 0.29) is 6.42 Å². The average molecular weight is 232 g/mol. The molecule has 0 spiro atoms. The molecule has 0 aliphatic rings. The van der Waals surface area contributed by atoms with E-state index in [2.05, 4.69) is 0 Å². The van der Waals surface area contributed by atoms with Gasteiger partial charge in [-0.15, -0.1) is 0 Å². The van der Waals surface area contributed by atoms with Gasteiger partial charge < -0.3 is 14.3 Å². The van der Waals surface area contributed by atoms with Crippen molar-refractivity contribution in [2.45, 2.75) is 19.4 Å². The summed E-state index contributed by atoms with van der Waals surface area (Å²) < 4.78 is 5.26. The van der Waals surface area contributed by atoms with E-state index in [4.69, 9.17) is 9.84 Å². The Bertz CT molecular complexity index is 292. The van der Waals surface area contributed by atoms with Crippen molar-refractivity contribution in [3.63, 3.8) is 0 Å². The van der Waals surface area contributed by atoms with E-state index in [1.165, 1.54) is 0 Å². The number of aliphatic carboxylic acids is 1. The van der Waals surface area contributed by atoms with Gasteiger partial charge in [-0.25, -0.2) is 4.79 Å². The van der Waals surface area contributed by atoms with Crippen LogP contribution in [0.3, 0.4) is 0 Å². The Labute approximate surface area is 94.4 Å². The summed E-state index contributed by atoms with van der Waals surface area (Å²) in [4.78, 5) is 32.3. The van der Waals surface area contributed by atoms with Crippen molar-refractivity contribution in [2.75, 3.05) is 27.7 Å². The van der Waals surface area contributed by atoms with Gasteiger partial charge in [-0.05, 0) is 0 Å². The van der Waals surface area contributed by atoms with Crippen molar-refractivity contribution in [1.29, 1.82) is 0 Å². The lowest BCUT2D eigenvalue weighted by Gasteiger charge is -2.28. The highest BCUT2D eigenvalue weighted by Gasteiger charge is 2.26. The Morgan fingerprint density at radius 1 is 1.25 bits per heavy atom. The van der Waals surface area contributed by atoms with Crippen LogP contribution in [0.1, 0.15) is 13.3 Å². The smallest absolute Gasteiger partial charge is 0.374 e. The lowest BCUT2D eigenvalue weighted by Crippen LogP contribution is -2.44. The number of carbonyl (C=O) groups is 3. The van der Waals surface area contributed by atoms with E-state index in [0.717, 1.165) is 6.92 Å². The zero-order valence-corrected chi connectivity index (χ0v) is 10.0. The summed E-state index contributed by atoms with van der Waals surface area (Å²) in [6.45, 7) is 1.43. The maximum absolute atomic E-state index is 11.0. The van der Waals surface area contributed by atoms with Gasteiger partial charge >= 0.3 is 11.9 Å². The first-order valence-electron chi connectivity index (χ1n) is 4.85. The maximum Gasteiger partial charge on any atom is 0.374 e. The fourth-order valence-electron chi connectivity index (χ4n) is 1.18. The molecule has 0 amide bonds. The van der Waals surface area contributed by atoms with Gasteiger partial charge in [0.05, 0.1) is 27.6 Å². The molecule has 16 heavy (non-hydrogen) atoms. The van der Waals surface area contributed by atoms with Gasteiger partial charge in [-0.1, -0.05) is 0 Å². The fraction of sp³-hybridized carbons (Fsp3) is 0.700. The van der Waals surface area contributed by atoms with Crippen molar-refractivity contribution >= 4 is 17.7 Å². The second-order valence-corrected chi connectivity index (χ2v) is 4.65. The van der Waals surface area contributed by atoms with Crippen LogP contribution < -0.4 is 0 Å². The number of likely N-dealkylation sites (N-methyl/N-ethyl adjacent to an activating group) is 1. The zero-order chi connectivity index (χ0) is 12.9. The molecular formula is C10H18NO5+. The van der Waals surface area contributed by atoms with Crippen LogP contribution in [0.15, 0.2) is 0 Å². The lowest BCUT2D eigenvalue weighted by molar-refractivity contribution is -0.873. The number of nitrogens with zero attached hydrogens (tertiary/aromatic N) is 1. The van der Waals surface area contributed by atoms with E-state index in [1.54, 1.807) is 0 Å². The van der Waals surface area contributed by atoms with Crippen molar-refractivity contribution in [2.24, 2.45) is 0 Å². The number of Topliss-reactive ketones (excluding diaryl/α,β-unsaturated/α-hetero) is 1. The van der Waals surface area contributed by atoms with Crippen LogP contribution in [-0.4, -0.2) is 61.1 Å². The van der Waals surface area contributed by atoms with Gasteiger partial charge in [0.25, 0.3) is 0 Å². The third kappa shape index (κ3) is 6.94. The predicted octanol–water partition coefficient (Wildman–Crippen LogP) is -0.332. The Balaban J connectivity index is 4.49. The van der Waals surface area contributed by atoms with E-state index >= 15 is 0 Å². The maximum atomic E-state index is 11.0. The number of hydrogen-bond donors (Lipinski definition) is 1. The molecule has 0 radical (unpaired) electrons. The zero-order valence-electron chi connectivity index (χ0n) is 10.0. The Morgan fingerprint density at radius 2 is 1.75 bits per heavy atom. The summed E-state index contributed by atoms with van der Waals surface area (Å²) in [7, 11) is 5.53. The molecule has 6 heteroatoms. The fourth-order valence-corrected chi connectivity index (χ4v) is 1.18. The van der Waals surface area contributed by atoms with Gasteiger partial charge in [0, 0.05) is 6.92 Å². The van der Waals surface area contributed by atoms with E-state index in [1.807, 2.05) is 21.1 Å². The molecule has 0 heterocycles. The first-order chi connectivity index (χ1) is 7.11. The highest BCUT2D eigenvalue weighted by atomic mass is 16.5. The molecular weight excluding hydrogens is 214 g/mol. The van der Waals surface area contributed by atoms with Gasteiger partial charge in [0.2, 0.25) is 5.78 Å². The molecule has 0 bridgehead atoms. The molecule has 1 atom stereocenters. The summed E-state index contributed by atoms with van der Waals surface area (Å²) in [5.74, 6) is -2.77. The summed E-state index contributed by atoms with van der Waals surface area (Å²) in [5, 5.41) is 8.65. The van der Waals surface area contributed by atoms with E-state index in [9.17, 15) is 14.4 Å². The Morgan fingerprint density at radius 3 is 2.06 bits per heavy atom. The van der Waals surface area contributed by atoms with E-state index < -0.39 is 23.8 Å². The first kappa shape index (κ1) is 14.6. The molecule has 0 rings (SSSR count). The third-order valence-corrected chi connectivity index (χ3v) is 1.71. The topological polar surface area (TPSA) is 80.7 Å². The molecule has 6 nitrogen and oxygen atoms in total. The van der Waals surface area contributed by atoms with E-state index in [0.29, 0.717) is 11.0 Å². The third-order valence-electron chi connectivity index (χ3n) is 1.71. The summed E-state index contributed by atoms with van der Waals surface area (Å²) in [6.07, 6.45) is -1.08. The van der Waals surface area contributed by atoms with Crippen molar-refractivity contribution < 1.29 is 28.7 Å². The number of carbonyl (C=O) groups excluding carboxylic acids is 2. The molecule has 0 aliphatic heterocycles. The van der Waals surface area contributed by atoms with Crippen molar-refractivity contribution in [3.05, 3.63) is 0 Å². The van der Waals surface area contributed by atoms with Gasteiger partial charge in [0.1, 0.15) is 6.54 Å². The van der Waals surface area contributed by atoms with Crippen LogP contribution in [0.2, 0.25) is 0 Å². The van der Waals surface area contributed by atoms with Crippen LogP contribution in [0.4, 0.5) is 0 Å². The monoisotopic (exact) mass is 232 g/mol. The molecule has 0 aromatic heterocycles. The van der Waals surface area contributed by atoms with Crippen molar-refractivity contribution in [3.8, 4) is 0 Å². The summed E-state index contributed by atoms with van der Waals surface area (Å²) in [6, 6.07) is 0. The lowest BCUT2D eigenvalue weighted by atomic mass is 10.2. The molecule has 0 fully saturated rings. The molecule has 1 unspecified atom stereocenters. The number of quaternary nitrogens is 1. The van der Waals surface area contributed by atoms with Crippen LogP contribution in [0.5, 0.6) is 0 Å². The van der Waals surface area contributed by atoms with Gasteiger partial charge in [-0.3, -0.25) is 9.59 Å². The number of esters is 1. The standard InChI is InChI=1S/C10H17NO5/c1-7(12)10(15)16-8(5-9(13)14)6-11(2,3)4/h8H,5-6H2,1-4H3/p+1. The number of ether oxygens (including phenoxy) is 1. The predicted molar refractivity (Wildman–Crippen MR) is 55.7 cm³/mol. The number of ketones is 1. The SMILES string of the molecule is CC(=O)C(=O)OC(CC(=O)O)C[N+](C)(C)C. The quantitative estimate of drug-likeness (QED) is 0.385. The molecule has 0 aromatic carbocycles. The van der Waals surface area contributed by atoms with Gasteiger partial charge in [-0.2, -0.15) is 0 Å². The second kappa shape index (κ2) is 5.60. The number of carboxylic acids is 1. The molecule has 0 saturated carbocycles. The van der Waals surface area contributed by atoms with Gasteiger partial charge in [0.15, 0.2) is 6.10 Å². The Kier molecular flexibility index (Phi) is 5.10. The summed E-state index contributed by atoms with van der Waals surface area (Å²) in [5.41, 5.74) is 0. The van der Waals surface area contributed by atoms with Crippen molar-refractivity contribution in [1.82, 2.24) is 0 Å². The molecule has 0 saturated heterocycles. The highest BCUT2D eigenvalue weighted by molar-refractivity contribution is 6.32. The minimum absolute atomic E-state index is 0.297. The highest BCUT2D eigenvalue weighted by Crippen LogP contribution is 2.05. The minimum atomic E-state index is -1.06. The molecule has 0 aliphatic carbocycles.